The summed E-state index contributed by atoms with van der Waals surface area (Å²) in [6.45, 7) is 0. The van der Waals surface area contributed by atoms with Crippen molar-refractivity contribution < 1.29 is 19.0 Å². The number of aldehydes is 1. The number of nitrogen functional groups attached to an aromatic ring is 1. The number of carbonyl (C=O) groups excluding carboxylic acids is 1. The summed E-state index contributed by atoms with van der Waals surface area (Å²) in [4.78, 5) is 11.8. The van der Waals surface area contributed by atoms with Crippen LogP contribution >= 0.6 is 11.3 Å². The number of anilines is 1. The van der Waals surface area contributed by atoms with Crippen LogP contribution < -0.4 is 19.9 Å². The minimum atomic E-state index is 0.406. The van der Waals surface area contributed by atoms with E-state index in [-0.39, 0.29) is 0 Å². The summed E-state index contributed by atoms with van der Waals surface area (Å²) in [6, 6.07) is 9.39. The molecule has 0 saturated heterocycles. The number of carbonyl (C=O) groups is 1. The molecule has 2 aromatic carbocycles. The molecule has 3 aromatic rings. The molecule has 1 heterocycles. The largest absolute Gasteiger partial charge is 0.493 e. The maximum Gasteiger partial charge on any atom is 0.203 e. The molecule has 0 spiro atoms. The molecule has 0 aliphatic carbocycles. The number of hydrogen-bond acceptors (Lipinski definition) is 6. The normalized spacial score (nSPS) is 10.4. The maximum atomic E-state index is 11.8. The van der Waals surface area contributed by atoms with E-state index in [1.165, 1.54) is 21.3 Å². The van der Waals surface area contributed by atoms with Crippen LogP contribution in [0.25, 0.3) is 22.3 Å². The van der Waals surface area contributed by atoms with Crippen molar-refractivity contribution >= 4 is 23.3 Å². The van der Waals surface area contributed by atoms with Crippen molar-refractivity contribution in [3.05, 3.63) is 46.7 Å². The number of rotatable bonds is 6. The van der Waals surface area contributed by atoms with E-state index in [9.17, 15) is 4.79 Å². The van der Waals surface area contributed by atoms with Gasteiger partial charge in [-0.15, -0.1) is 0 Å². The summed E-state index contributed by atoms with van der Waals surface area (Å²) >= 11 is 1.62. The van der Waals surface area contributed by atoms with Gasteiger partial charge in [0, 0.05) is 22.4 Å². The van der Waals surface area contributed by atoms with Crippen LogP contribution in [0.4, 0.5) is 5.69 Å². The van der Waals surface area contributed by atoms with Gasteiger partial charge in [0.25, 0.3) is 0 Å². The number of benzene rings is 2. The van der Waals surface area contributed by atoms with E-state index in [2.05, 4.69) is 5.38 Å². The van der Waals surface area contributed by atoms with Crippen molar-refractivity contribution in [3.63, 3.8) is 0 Å². The molecule has 0 bridgehead atoms. The molecule has 2 N–H and O–H groups in total. The lowest BCUT2D eigenvalue weighted by molar-refractivity contribution is 0.112. The van der Waals surface area contributed by atoms with Crippen LogP contribution in [0.3, 0.4) is 0 Å². The first kappa shape index (κ1) is 17.8. The molecule has 0 radical (unpaired) electrons. The number of ether oxygens (including phenoxy) is 3. The highest BCUT2D eigenvalue weighted by Gasteiger charge is 2.23. The molecule has 0 aliphatic rings. The lowest BCUT2D eigenvalue weighted by Crippen LogP contribution is -2.02. The monoisotopic (exact) mass is 369 g/mol. The van der Waals surface area contributed by atoms with E-state index in [1.807, 2.05) is 29.6 Å². The van der Waals surface area contributed by atoms with E-state index in [1.54, 1.807) is 17.4 Å². The fourth-order valence-corrected chi connectivity index (χ4v) is 3.59. The molecule has 5 nitrogen and oxygen atoms in total. The van der Waals surface area contributed by atoms with Crippen LogP contribution in [0, 0.1) is 0 Å². The summed E-state index contributed by atoms with van der Waals surface area (Å²) in [6.07, 6.45) is 0.760. The van der Waals surface area contributed by atoms with Crippen LogP contribution in [0.1, 0.15) is 10.4 Å². The number of thiophene rings is 1. The zero-order valence-electron chi connectivity index (χ0n) is 14.7. The maximum absolute atomic E-state index is 11.8. The zero-order valence-corrected chi connectivity index (χ0v) is 15.6. The predicted octanol–water partition coefficient (Wildman–Crippen LogP) is 4.50. The van der Waals surface area contributed by atoms with Gasteiger partial charge in [-0.25, -0.2) is 0 Å². The Bertz CT molecular complexity index is 935. The fraction of sp³-hybridized carbons (Fsp3) is 0.150. The molecule has 26 heavy (non-hydrogen) atoms. The van der Waals surface area contributed by atoms with Gasteiger partial charge in [-0.05, 0) is 46.2 Å². The highest BCUT2D eigenvalue weighted by molar-refractivity contribution is 7.08. The average molecular weight is 369 g/mol. The second-order valence-electron chi connectivity index (χ2n) is 5.54. The molecule has 1 aromatic heterocycles. The number of nitrogens with two attached hydrogens (primary N) is 1. The van der Waals surface area contributed by atoms with Crippen LogP contribution in [0.15, 0.2) is 41.1 Å². The highest BCUT2D eigenvalue weighted by Crippen LogP contribution is 2.48. The molecular weight excluding hydrogens is 350 g/mol. The summed E-state index contributed by atoms with van der Waals surface area (Å²) in [7, 11) is 4.56. The minimum Gasteiger partial charge on any atom is -0.493 e. The Kier molecular flexibility index (Phi) is 5.14. The van der Waals surface area contributed by atoms with E-state index < -0.39 is 0 Å². The molecule has 0 amide bonds. The van der Waals surface area contributed by atoms with Crippen LogP contribution in [0.2, 0.25) is 0 Å². The Hall–Kier alpha value is -2.99. The van der Waals surface area contributed by atoms with Gasteiger partial charge >= 0.3 is 0 Å². The van der Waals surface area contributed by atoms with Gasteiger partial charge in [0.1, 0.15) is 0 Å². The summed E-state index contributed by atoms with van der Waals surface area (Å²) in [5.41, 5.74) is 10.6. The third-order valence-corrected chi connectivity index (χ3v) is 4.85. The second kappa shape index (κ2) is 7.49. The Labute approximate surface area is 155 Å². The minimum absolute atomic E-state index is 0.406. The summed E-state index contributed by atoms with van der Waals surface area (Å²) < 4.78 is 16.4. The summed E-state index contributed by atoms with van der Waals surface area (Å²) in [5.74, 6) is 1.24. The van der Waals surface area contributed by atoms with Crippen molar-refractivity contribution in [2.24, 2.45) is 0 Å². The fourth-order valence-electron chi connectivity index (χ4n) is 2.93. The third kappa shape index (κ3) is 2.99. The first-order valence-corrected chi connectivity index (χ1v) is 8.79. The Balaban J connectivity index is 2.32. The zero-order chi connectivity index (χ0) is 18.7. The average Bonchev–Trinajstić information content (AvgIpc) is 3.21. The van der Waals surface area contributed by atoms with Crippen molar-refractivity contribution in [1.82, 2.24) is 0 Å². The van der Waals surface area contributed by atoms with Crippen LogP contribution in [-0.4, -0.2) is 27.6 Å². The predicted molar refractivity (Wildman–Crippen MR) is 105 cm³/mol. The SMILES string of the molecule is COc1cc(C=O)c(-c2cc(-c3ccsc3)ccc2N)c(OC)c1OC. The molecule has 134 valence electrons. The van der Waals surface area contributed by atoms with Crippen LogP contribution in [0.5, 0.6) is 17.2 Å². The van der Waals surface area contributed by atoms with Crippen molar-refractivity contribution in [2.75, 3.05) is 27.1 Å². The van der Waals surface area contributed by atoms with Crippen molar-refractivity contribution in [2.45, 2.75) is 0 Å². The molecule has 0 unspecified atom stereocenters. The quantitative estimate of drug-likeness (QED) is 0.512. The second-order valence-corrected chi connectivity index (χ2v) is 6.32. The van der Waals surface area contributed by atoms with E-state index in [0.29, 0.717) is 39.6 Å². The van der Waals surface area contributed by atoms with Gasteiger partial charge in [0.2, 0.25) is 5.75 Å². The lowest BCUT2D eigenvalue weighted by atomic mass is 9.94. The van der Waals surface area contributed by atoms with Gasteiger partial charge in [0.05, 0.1) is 21.3 Å². The Morgan fingerprint density at radius 1 is 0.962 bits per heavy atom. The van der Waals surface area contributed by atoms with Gasteiger partial charge in [-0.2, -0.15) is 11.3 Å². The van der Waals surface area contributed by atoms with E-state index >= 15 is 0 Å². The van der Waals surface area contributed by atoms with Gasteiger partial charge in [0.15, 0.2) is 17.8 Å². The standard InChI is InChI=1S/C20H19NO4S/c1-23-17-9-14(10-22)18(20(25-3)19(17)24-2)15-8-12(4-5-16(15)21)13-6-7-26-11-13/h4-11H,21H2,1-3H3. The molecule has 6 heteroatoms. The van der Waals surface area contributed by atoms with E-state index in [4.69, 9.17) is 19.9 Å². The Morgan fingerprint density at radius 2 is 1.73 bits per heavy atom. The third-order valence-electron chi connectivity index (χ3n) is 4.16. The number of hydrogen-bond donors (Lipinski definition) is 1. The van der Waals surface area contributed by atoms with E-state index in [0.717, 1.165) is 17.4 Å². The van der Waals surface area contributed by atoms with Gasteiger partial charge in [-0.3, -0.25) is 4.79 Å². The molecular formula is C20H19NO4S. The lowest BCUT2D eigenvalue weighted by Gasteiger charge is -2.19. The van der Waals surface area contributed by atoms with Gasteiger partial charge < -0.3 is 19.9 Å². The molecule has 0 saturated carbocycles. The van der Waals surface area contributed by atoms with Crippen molar-refractivity contribution in [1.29, 1.82) is 0 Å². The molecule has 0 atom stereocenters. The summed E-state index contributed by atoms with van der Waals surface area (Å²) in [5, 5.41) is 4.07. The Morgan fingerprint density at radius 3 is 2.31 bits per heavy atom. The number of methoxy groups -OCH3 is 3. The smallest absolute Gasteiger partial charge is 0.203 e. The van der Waals surface area contributed by atoms with Gasteiger partial charge in [-0.1, -0.05) is 6.07 Å². The van der Waals surface area contributed by atoms with Crippen molar-refractivity contribution in [3.8, 4) is 39.5 Å². The molecule has 0 aliphatic heterocycles. The first-order valence-electron chi connectivity index (χ1n) is 7.85. The first-order chi connectivity index (χ1) is 12.6. The topological polar surface area (TPSA) is 70.8 Å². The van der Waals surface area contributed by atoms with Crippen LogP contribution in [-0.2, 0) is 0 Å². The highest BCUT2D eigenvalue weighted by atomic mass is 32.1. The molecule has 3 rings (SSSR count). The molecule has 0 fully saturated rings.